The number of carbonyl (C=O) groups excluding carboxylic acids is 1. The number of carbonyl (C=O) groups is 1. The molecule has 8 heteroatoms. The lowest BCUT2D eigenvalue weighted by Crippen LogP contribution is -2.39. The number of anilines is 1. The van der Waals surface area contributed by atoms with Crippen LogP contribution in [0.4, 0.5) is 5.82 Å². The van der Waals surface area contributed by atoms with Crippen LogP contribution in [-0.4, -0.2) is 43.3 Å². The zero-order valence-electron chi connectivity index (χ0n) is 15.0. The van der Waals surface area contributed by atoms with Gasteiger partial charge in [-0.05, 0) is 25.1 Å². The molecule has 1 aliphatic heterocycles. The molecule has 3 rings (SSSR count). The summed E-state index contributed by atoms with van der Waals surface area (Å²) in [4.78, 5) is 19.1. The third-order valence-corrected chi connectivity index (χ3v) is 5.02. The summed E-state index contributed by atoms with van der Waals surface area (Å²) in [5.41, 5.74) is 0.945. The van der Waals surface area contributed by atoms with Crippen molar-refractivity contribution in [1.29, 1.82) is 0 Å². The van der Waals surface area contributed by atoms with Crippen LogP contribution in [0.25, 0.3) is 0 Å². The second kappa shape index (κ2) is 9.26. The van der Waals surface area contributed by atoms with Crippen LogP contribution in [0, 0.1) is 0 Å². The fourth-order valence-electron chi connectivity index (χ4n) is 2.77. The molecule has 1 aliphatic rings. The van der Waals surface area contributed by atoms with E-state index in [1.807, 2.05) is 12.1 Å². The molecule has 144 valence electrons. The molecule has 0 spiro atoms. The second-order valence-electron chi connectivity index (χ2n) is 6.12. The normalized spacial score (nSPS) is 15.3. The predicted octanol–water partition coefficient (Wildman–Crippen LogP) is 3.31. The molecule has 1 N–H and O–H groups in total. The van der Waals surface area contributed by atoms with Gasteiger partial charge in [0.1, 0.15) is 16.6 Å². The van der Waals surface area contributed by atoms with Gasteiger partial charge in [-0.25, -0.2) is 4.98 Å². The van der Waals surface area contributed by atoms with Gasteiger partial charge < -0.3 is 19.7 Å². The van der Waals surface area contributed by atoms with E-state index in [0.717, 1.165) is 24.5 Å². The zero-order chi connectivity index (χ0) is 19.2. The molecule has 2 aromatic rings. The van der Waals surface area contributed by atoms with E-state index < -0.39 is 6.10 Å². The average molecular weight is 410 g/mol. The largest absolute Gasteiger partial charge is 0.479 e. The molecule has 0 radical (unpaired) electrons. The van der Waals surface area contributed by atoms with Gasteiger partial charge in [-0.15, -0.1) is 0 Å². The monoisotopic (exact) mass is 409 g/mol. The molecule has 0 unspecified atom stereocenters. The summed E-state index contributed by atoms with van der Waals surface area (Å²) >= 11 is 12.1. The summed E-state index contributed by atoms with van der Waals surface area (Å²) in [5.74, 6) is 0.998. The molecule has 1 saturated heterocycles. The summed E-state index contributed by atoms with van der Waals surface area (Å²) in [5, 5.41) is 3.57. The summed E-state index contributed by atoms with van der Waals surface area (Å²) in [6.07, 6.45) is 1.03. The van der Waals surface area contributed by atoms with Crippen molar-refractivity contribution in [2.24, 2.45) is 0 Å². The number of rotatable bonds is 6. The fraction of sp³-hybridized carbons (Fsp3) is 0.368. The summed E-state index contributed by atoms with van der Waals surface area (Å²) < 4.78 is 11.0. The Balaban J connectivity index is 1.61. The molecule has 2 heterocycles. The van der Waals surface area contributed by atoms with Crippen LogP contribution in [-0.2, 0) is 16.1 Å². The maximum Gasteiger partial charge on any atom is 0.261 e. The highest BCUT2D eigenvalue weighted by Crippen LogP contribution is 2.32. The van der Waals surface area contributed by atoms with Crippen molar-refractivity contribution in [1.82, 2.24) is 10.3 Å². The maximum atomic E-state index is 12.4. The third-order valence-electron chi connectivity index (χ3n) is 4.22. The summed E-state index contributed by atoms with van der Waals surface area (Å²) in [6.45, 7) is 4.94. The number of halogens is 2. The van der Waals surface area contributed by atoms with Crippen molar-refractivity contribution in [2.45, 2.75) is 19.6 Å². The molecular formula is C19H21Cl2N3O3. The van der Waals surface area contributed by atoms with Crippen LogP contribution in [0.15, 0.2) is 36.5 Å². The number of aromatic nitrogens is 1. The Hall–Kier alpha value is -2.02. The van der Waals surface area contributed by atoms with Gasteiger partial charge in [-0.1, -0.05) is 35.3 Å². The lowest BCUT2D eigenvalue weighted by molar-refractivity contribution is -0.127. The third kappa shape index (κ3) is 5.03. The van der Waals surface area contributed by atoms with E-state index in [-0.39, 0.29) is 5.91 Å². The number of nitrogens with one attached hydrogen (secondary N) is 1. The van der Waals surface area contributed by atoms with Gasteiger partial charge >= 0.3 is 0 Å². The van der Waals surface area contributed by atoms with Gasteiger partial charge in [0.25, 0.3) is 5.91 Å². The van der Waals surface area contributed by atoms with E-state index in [1.165, 1.54) is 0 Å². The SMILES string of the molecule is C[C@@H](Oc1cccc(Cl)c1Cl)C(=O)NCc1cccnc1N1CCOCC1. The van der Waals surface area contributed by atoms with Gasteiger partial charge in [-0.3, -0.25) is 4.79 Å². The van der Waals surface area contributed by atoms with Gasteiger partial charge in [0.05, 0.1) is 18.2 Å². The van der Waals surface area contributed by atoms with Crippen LogP contribution in [0.1, 0.15) is 12.5 Å². The molecule has 27 heavy (non-hydrogen) atoms. The van der Waals surface area contributed by atoms with E-state index in [0.29, 0.717) is 35.6 Å². The van der Waals surface area contributed by atoms with Crippen molar-refractivity contribution in [2.75, 3.05) is 31.2 Å². The molecule has 1 amide bonds. The topological polar surface area (TPSA) is 63.7 Å². The zero-order valence-corrected chi connectivity index (χ0v) is 16.5. The first kappa shape index (κ1) is 19.7. The first-order valence-electron chi connectivity index (χ1n) is 8.71. The second-order valence-corrected chi connectivity index (χ2v) is 6.90. The van der Waals surface area contributed by atoms with Gasteiger partial charge in [0.2, 0.25) is 0 Å². The van der Waals surface area contributed by atoms with Gasteiger partial charge in [0, 0.05) is 31.4 Å². The van der Waals surface area contributed by atoms with Crippen LogP contribution in [0.3, 0.4) is 0 Å². The smallest absolute Gasteiger partial charge is 0.261 e. The van der Waals surface area contributed by atoms with E-state index in [1.54, 1.807) is 31.3 Å². The Morgan fingerprint density at radius 2 is 2.07 bits per heavy atom. The summed E-state index contributed by atoms with van der Waals surface area (Å²) in [6, 6.07) is 8.87. The Morgan fingerprint density at radius 1 is 1.30 bits per heavy atom. The lowest BCUT2D eigenvalue weighted by Gasteiger charge is -2.29. The molecule has 1 fully saturated rings. The number of benzene rings is 1. The number of morpholine rings is 1. The van der Waals surface area contributed by atoms with Crippen molar-refractivity contribution in [3.63, 3.8) is 0 Å². The average Bonchev–Trinajstić information content (AvgIpc) is 2.70. The van der Waals surface area contributed by atoms with Crippen molar-refractivity contribution in [3.05, 3.63) is 52.1 Å². The minimum atomic E-state index is -0.718. The minimum absolute atomic E-state index is 0.247. The van der Waals surface area contributed by atoms with E-state index >= 15 is 0 Å². The molecular weight excluding hydrogens is 389 g/mol. The Morgan fingerprint density at radius 3 is 2.85 bits per heavy atom. The minimum Gasteiger partial charge on any atom is -0.479 e. The van der Waals surface area contributed by atoms with Crippen molar-refractivity contribution < 1.29 is 14.3 Å². The van der Waals surface area contributed by atoms with E-state index in [9.17, 15) is 4.79 Å². The van der Waals surface area contributed by atoms with E-state index in [4.69, 9.17) is 32.7 Å². The fourth-order valence-corrected chi connectivity index (χ4v) is 3.11. The van der Waals surface area contributed by atoms with Crippen molar-refractivity contribution in [3.8, 4) is 5.75 Å². The lowest BCUT2D eigenvalue weighted by atomic mass is 10.2. The number of nitrogens with zero attached hydrogens (tertiary/aromatic N) is 2. The molecule has 1 aromatic heterocycles. The van der Waals surface area contributed by atoms with Crippen molar-refractivity contribution >= 4 is 34.9 Å². The number of hydrogen-bond donors (Lipinski definition) is 1. The molecule has 6 nitrogen and oxygen atoms in total. The maximum absolute atomic E-state index is 12.4. The van der Waals surface area contributed by atoms with Gasteiger partial charge in [0.15, 0.2) is 6.10 Å². The molecule has 0 aliphatic carbocycles. The van der Waals surface area contributed by atoms with Gasteiger partial charge in [-0.2, -0.15) is 0 Å². The van der Waals surface area contributed by atoms with Crippen LogP contribution in [0.2, 0.25) is 10.0 Å². The quantitative estimate of drug-likeness (QED) is 0.792. The van der Waals surface area contributed by atoms with Crippen LogP contribution < -0.4 is 15.0 Å². The Bertz CT molecular complexity index is 798. The highest BCUT2D eigenvalue weighted by Gasteiger charge is 2.19. The number of amides is 1. The highest BCUT2D eigenvalue weighted by atomic mass is 35.5. The first-order chi connectivity index (χ1) is 13.1. The van der Waals surface area contributed by atoms with E-state index in [2.05, 4.69) is 15.2 Å². The summed E-state index contributed by atoms with van der Waals surface area (Å²) in [7, 11) is 0. The molecule has 1 aromatic carbocycles. The highest BCUT2D eigenvalue weighted by molar-refractivity contribution is 6.42. The number of ether oxygens (including phenoxy) is 2. The Labute approximate surface area is 168 Å². The standard InChI is InChI=1S/C19H21Cl2N3O3/c1-13(27-16-6-2-5-15(20)17(16)21)19(25)23-12-14-4-3-7-22-18(14)24-8-10-26-11-9-24/h2-7,13H,8-12H2,1H3,(H,23,25)/t13-/m1/s1. The number of pyridine rings is 1. The molecule has 0 bridgehead atoms. The number of hydrogen-bond acceptors (Lipinski definition) is 5. The predicted molar refractivity (Wildman–Crippen MR) is 106 cm³/mol. The first-order valence-corrected chi connectivity index (χ1v) is 9.47. The molecule has 0 saturated carbocycles. The van der Waals surface area contributed by atoms with Crippen LogP contribution in [0.5, 0.6) is 5.75 Å². The molecule has 1 atom stereocenters. The van der Waals surface area contributed by atoms with Crippen LogP contribution >= 0.6 is 23.2 Å². The Kier molecular flexibility index (Phi) is 6.77.